The number of anilines is 2. The number of aryl methyl sites for hydroxylation is 1. The van der Waals surface area contributed by atoms with E-state index < -0.39 is 0 Å². The number of nitrogens with one attached hydrogen (secondary N) is 1. The Bertz CT molecular complexity index is 1030. The van der Waals surface area contributed by atoms with Crippen LogP contribution in [0.4, 0.5) is 10.9 Å². The topological polar surface area (TPSA) is 53.4 Å². The number of amides is 1. The number of carbonyl (C=O) groups excluding carboxylic acids is 1. The van der Waals surface area contributed by atoms with Crippen LogP contribution in [0.5, 0.6) is 0 Å². The Labute approximate surface area is 208 Å². The third-order valence-corrected chi connectivity index (χ3v) is 7.44. The van der Waals surface area contributed by atoms with Gasteiger partial charge in [0.05, 0.1) is 16.0 Å². The number of hydrogen-bond acceptors (Lipinski definition) is 5. The van der Waals surface area contributed by atoms with Crippen molar-refractivity contribution in [2.75, 3.05) is 38.0 Å². The third-order valence-electron chi connectivity index (χ3n) is 6.66. The molecular formula is C27H39N5OS. The van der Waals surface area contributed by atoms with Crippen LogP contribution in [0.25, 0.3) is 11.0 Å². The van der Waals surface area contributed by atoms with Crippen molar-refractivity contribution < 1.29 is 4.79 Å². The molecule has 0 spiro atoms. The van der Waals surface area contributed by atoms with Gasteiger partial charge in [-0.2, -0.15) is 0 Å². The lowest BCUT2D eigenvalue weighted by atomic mass is 10.1. The maximum atomic E-state index is 13.4. The van der Waals surface area contributed by atoms with E-state index in [9.17, 15) is 4.79 Å². The molecule has 0 atom stereocenters. The molecule has 3 aromatic rings. The van der Waals surface area contributed by atoms with E-state index in [0.717, 1.165) is 85.8 Å². The van der Waals surface area contributed by atoms with Crippen LogP contribution in [0.3, 0.4) is 0 Å². The molecule has 1 aliphatic heterocycles. The molecule has 1 saturated heterocycles. The summed E-state index contributed by atoms with van der Waals surface area (Å²) in [6, 6.07) is 10.1. The zero-order chi connectivity index (χ0) is 23.8. The Balaban J connectivity index is 1.59. The van der Waals surface area contributed by atoms with Crippen molar-refractivity contribution in [1.29, 1.82) is 0 Å². The summed E-state index contributed by atoms with van der Waals surface area (Å²) in [7, 11) is 0. The van der Waals surface area contributed by atoms with Gasteiger partial charge in [0.2, 0.25) is 5.95 Å². The van der Waals surface area contributed by atoms with Gasteiger partial charge in [0.15, 0.2) is 0 Å². The minimum Gasteiger partial charge on any atom is -0.339 e. The Morgan fingerprint density at radius 2 is 1.82 bits per heavy atom. The summed E-state index contributed by atoms with van der Waals surface area (Å²) >= 11 is 1.67. The van der Waals surface area contributed by atoms with Crippen molar-refractivity contribution in [3.8, 4) is 0 Å². The van der Waals surface area contributed by atoms with Gasteiger partial charge in [-0.25, -0.2) is 4.98 Å². The number of fused-ring (bicyclic) bond motifs is 1. The fraction of sp³-hybridized carbons (Fsp3) is 0.556. The minimum absolute atomic E-state index is 0.140. The van der Waals surface area contributed by atoms with E-state index in [1.54, 1.807) is 11.3 Å². The zero-order valence-corrected chi connectivity index (χ0v) is 21.6. The first-order chi connectivity index (χ1) is 16.7. The van der Waals surface area contributed by atoms with Crippen LogP contribution < -0.4 is 5.32 Å². The zero-order valence-electron chi connectivity index (χ0n) is 20.8. The molecule has 184 valence electrons. The molecule has 2 aromatic heterocycles. The predicted octanol–water partition coefficient (Wildman–Crippen LogP) is 6.37. The number of nitrogens with zero attached hydrogens (tertiary/aromatic N) is 4. The summed E-state index contributed by atoms with van der Waals surface area (Å²) in [5.41, 5.74) is 2.74. The molecule has 0 bridgehead atoms. The molecular weight excluding hydrogens is 442 g/mol. The van der Waals surface area contributed by atoms with E-state index in [1.165, 1.54) is 25.9 Å². The highest BCUT2D eigenvalue weighted by molar-refractivity contribution is 7.14. The van der Waals surface area contributed by atoms with Gasteiger partial charge in [-0.3, -0.25) is 4.79 Å². The second kappa shape index (κ2) is 12.4. The molecule has 1 aromatic carbocycles. The molecule has 0 radical (unpaired) electrons. The number of thiophene rings is 1. The molecule has 0 aliphatic carbocycles. The highest BCUT2D eigenvalue weighted by Gasteiger charge is 2.19. The van der Waals surface area contributed by atoms with Crippen molar-refractivity contribution in [3.05, 3.63) is 41.3 Å². The van der Waals surface area contributed by atoms with Gasteiger partial charge in [-0.05, 0) is 87.5 Å². The number of hydrogen-bond donors (Lipinski definition) is 1. The van der Waals surface area contributed by atoms with Crippen molar-refractivity contribution >= 4 is 39.2 Å². The first-order valence-electron chi connectivity index (χ1n) is 13.0. The van der Waals surface area contributed by atoms with Crippen molar-refractivity contribution in [2.24, 2.45) is 0 Å². The van der Waals surface area contributed by atoms with E-state index in [4.69, 9.17) is 4.98 Å². The van der Waals surface area contributed by atoms with Crippen LogP contribution >= 0.6 is 11.3 Å². The predicted molar refractivity (Wildman–Crippen MR) is 143 cm³/mol. The van der Waals surface area contributed by atoms with Crippen LogP contribution in [0.2, 0.25) is 0 Å². The van der Waals surface area contributed by atoms with Gasteiger partial charge in [0, 0.05) is 25.2 Å². The molecule has 0 saturated carbocycles. The fourth-order valence-corrected chi connectivity index (χ4v) is 5.30. The number of carbonyl (C=O) groups is 1. The number of likely N-dealkylation sites (tertiary alicyclic amines) is 1. The summed E-state index contributed by atoms with van der Waals surface area (Å²) in [5, 5.41) is 6.66. The molecule has 6 nitrogen and oxygen atoms in total. The molecule has 0 unspecified atom stereocenters. The van der Waals surface area contributed by atoms with Crippen molar-refractivity contribution in [1.82, 2.24) is 19.4 Å². The average Bonchev–Trinajstić information content (AvgIpc) is 3.61. The van der Waals surface area contributed by atoms with E-state index in [-0.39, 0.29) is 5.91 Å². The van der Waals surface area contributed by atoms with E-state index in [0.29, 0.717) is 0 Å². The van der Waals surface area contributed by atoms with Gasteiger partial charge < -0.3 is 19.7 Å². The number of unbranched alkanes of at least 4 members (excludes halogenated alkanes) is 2. The van der Waals surface area contributed by atoms with E-state index >= 15 is 0 Å². The average molecular weight is 482 g/mol. The highest BCUT2D eigenvalue weighted by Crippen LogP contribution is 2.27. The first kappa shape index (κ1) is 24.7. The molecule has 34 heavy (non-hydrogen) atoms. The summed E-state index contributed by atoms with van der Waals surface area (Å²) in [4.78, 5) is 22.9. The van der Waals surface area contributed by atoms with Crippen LogP contribution in [0.1, 0.15) is 69.2 Å². The first-order valence-corrected chi connectivity index (χ1v) is 13.9. The Morgan fingerprint density at radius 1 is 1.06 bits per heavy atom. The molecule has 1 aliphatic rings. The van der Waals surface area contributed by atoms with Gasteiger partial charge in [0.1, 0.15) is 0 Å². The lowest BCUT2D eigenvalue weighted by Crippen LogP contribution is -2.33. The summed E-state index contributed by atoms with van der Waals surface area (Å²) in [6.45, 7) is 10.4. The molecule has 1 N–H and O–H groups in total. The maximum absolute atomic E-state index is 13.4. The summed E-state index contributed by atoms with van der Waals surface area (Å²) in [6.07, 6.45) is 7.98. The van der Waals surface area contributed by atoms with Gasteiger partial charge in [0.25, 0.3) is 5.91 Å². The molecule has 1 fully saturated rings. The normalized spacial score (nSPS) is 14.2. The fourth-order valence-electron chi connectivity index (χ4n) is 4.69. The summed E-state index contributed by atoms with van der Waals surface area (Å²) < 4.78 is 2.27. The van der Waals surface area contributed by atoms with Crippen LogP contribution in [0.15, 0.2) is 35.7 Å². The van der Waals surface area contributed by atoms with Crippen LogP contribution in [-0.2, 0) is 6.54 Å². The van der Waals surface area contributed by atoms with E-state index in [1.807, 2.05) is 23.1 Å². The van der Waals surface area contributed by atoms with Gasteiger partial charge in [-0.1, -0.05) is 26.7 Å². The molecule has 7 heteroatoms. The maximum Gasteiger partial charge on any atom is 0.253 e. The number of imidazole rings is 1. The second-order valence-corrected chi connectivity index (χ2v) is 10.2. The third kappa shape index (κ3) is 6.19. The molecule has 1 amide bonds. The Hall–Kier alpha value is -2.38. The number of benzene rings is 1. The molecule has 3 heterocycles. The lowest BCUT2D eigenvalue weighted by molar-refractivity contribution is 0.0751. The van der Waals surface area contributed by atoms with Crippen LogP contribution in [0, 0.1) is 0 Å². The van der Waals surface area contributed by atoms with Gasteiger partial charge in [-0.15, -0.1) is 11.3 Å². The Kier molecular flexibility index (Phi) is 8.99. The SMILES string of the molecule is CCCCN(CCCC)C(=O)c1ccc2nc(Nc3cccs3)n(CCCN3CCCC3)c2c1. The van der Waals surface area contributed by atoms with Crippen molar-refractivity contribution in [2.45, 2.75) is 65.3 Å². The lowest BCUT2D eigenvalue weighted by Gasteiger charge is -2.22. The second-order valence-electron chi connectivity index (χ2n) is 9.29. The number of rotatable bonds is 13. The largest absolute Gasteiger partial charge is 0.339 e. The minimum atomic E-state index is 0.140. The Morgan fingerprint density at radius 3 is 2.50 bits per heavy atom. The van der Waals surface area contributed by atoms with Gasteiger partial charge >= 0.3 is 0 Å². The highest BCUT2D eigenvalue weighted by atomic mass is 32.1. The van der Waals surface area contributed by atoms with Crippen molar-refractivity contribution in [3.63, 3.8) is 0 Å². The monoisotopic (exact) mass is 481 g/mol. The van der Waals surface area contributed by atoms with Crippen LogP contribution in [-0.4, -0.2) is 58.0 Å². The quantitative estimate of drug-likeness (QED) is 0.308. The number of aromatic nitrogens is 2. The summed E-state index contributed by atoms with van der Waals surface area (Å²) in [5.74, 6) is 0.999. The molecule has 4 rings (SSSR count). The smallest absolute Gasteiger partial charge is 0.253 e. The van der Waals surface area contributed by atoms with E-state index in [2.05, 4.69) is 46.1 Å². The standard InChI is InChI=1S/C27H39N5OS/c1-3-5-17-31(18-6-4-2)26(33)22-12-13-23-24(21-22)32(19-10-16-30-14-7-8-15-30)27(28-23)29-25-11-9-20-34-25/h9,11-13,20-21H,3-8,10,14-19H2,1-2H3,(H,28,29).